The van der Waals surface area contributed by atoms with Crippen molar-refractivity contribution in [1.82, 2.24) is 14.5 Å². The summed E-state index contributed by atoms with van der Waals surface area (Å²) < 4.78 is 2.34. The van der Waals surface area contributed by atoms with Crippen LogP contribution in [0.4, 0.5) is 0 Å². The molecule has 3 heterocycles. The Bertz CT molecular complexity index is 1050. The van der Waals surface area contributed by atoms with Gasteiger partial charge in [-0.1, -0.05) is 11.6 Å². The summed E-state index contributed by atoms with van der Waals surface area (Å²) in [4.78, 5) is 6.56. The van der Waals surface area contributed by atoms with Crippen molar-refractivity contribution in [2.75, 3.05) is 13.1 Å². The lowest BCUT2D eigenvalue weighted by molar-refractivity contribution is 0.0558. The molecule has 0 atom stereocenters. The first-order chi connectivity index (χ1) is 13.8. The second-order valence-corrected chi connectivity index (χ2v) is 9.03. The maximum absolute atomic E-state index is 10.1. The quantitative estimate of drug-likeness (QED) is 0.627. The van der Waals surface area contributed by atoms with Crippen LogP contribution >= 0.6 is 11.6 Å². The van der Waals surface area contributed by atoms with E-state index in [4.69, 9.17) is 11.6 Å². The van der Waals surface area contributed by atoms with Gasteiger partial charge in [-0.25, -0.2) is 0 Å². The maximum atomic E-state index is 10.1. The van der Waals surface area contributed by atoms with Crippen molar-refractivity contribution < 1.29 is 5.11 Å². The average molecular weight is 410 g/mol. The summed E-state index contributed by atoms with van der Waals surface area (Å²) in [6, 6.07) is 10.3. The van der Waals surface area contributed by atoms with E-state index < -0.39 is 5.60 Å². The second kappa shape index (κ2) is 7.94. The van der Waals surface area contributed by atoms with Gasteiger partial charge in [-0.2, -0.15) is 0 Å². The number of aromatic nitrogens is 2. The normalized spacial score (nSPS) is 15.7. The number of hydrogen-bond donors (Lipinski definition) is 1. The van der Waals surface area contributed by atoms with Crippen LogP contribution in [-0.4, -0.2) is 38.2 Å². The molecular formula is C24H28ClN3O. The number of rotatable bonds is 5. The maximum Gasteiger partial charge on any atom is 0.0603 e. The molecule has 4 nitrogen and oxygen atoms in total. The average Bonchev–Trinajstić information content (AvgIpc) is 2.99. The minimum Gasteiger partial charge on any atom is -0.390 e. The number of nitrogens with zero attached hydrogens (tertiary/aromatic N) is 3. The molecule has 0 fully saturated rings. The van der Waals surface area contributed by atoms with Gasteiger partial charge in [0.15, 0.2) is 0 Å². The molecule has 1 N–H and O–H groups in total. The van der Waals surface area contributed by atoms with Gasteiger partial charge in [-0.15, -0.1) is 0 Å². The van der Waals surface area contributed by atoms with Crippen LogP contribution in [0.25, 0.3) is 22.7 Å². The lowest BCUT2D eigenvalue weighted by Crippen LogP contribution is -2.35. The number of aliphatic hydroxyl groups is 1. The summed E-state index contributed by atoms with van der Waals surface area (Å²) in [6.07, 6.45) is 7.64. The largest absolute Gasteiger partial charge is 0.390 e. The van der Waals surface area contributed by atoms with Gasteiger partial charge in [-0.05, 0) is 74.2 Å². The van der Waals surface area contributed by atoms with Gasteiger partial charge in [0.25, 0.3) is 0 Å². The molecule has 0 spiro atoms. The van der Waals surface area contributed by atoms with Crippen LogP contribution < -0.4 is 0 Å². The zero-order valence-corrected chi connectivity index (χ0v) is 18.1. The Morgan fingerprint density at radius 1 is 1.24 bits per heavy atom. The Labute approximate surface area is 177 Å². The van der Waals surface area contributed by atoms with Crippen molar-refractivity contribution in [2.24, 2.45) is 0 Å². The van der Waals surface area contributed by atoms with Gasteiger partial charge >= 0.3 is 0 Å². The highest BCUT2D eigenvalue weighted by Crippen LogP contribution is 2.34. The molecule has 0 amide bonds. The second-order valence-electron chi connectivity index (χ2n) is 8.59. The fraction of sp³-hybridized carbons (Fsp3) is 0.375. The third kappa shape index (κ3) is 4.40. The molecular weight excluding hydrogens is 382 g/mol. The monoisotopic (exact) mass is 409 g/mol. The molecule has 3 aromatic rings. The number of fused-ring (bicyclic) bond motifs is 3. The van der Waals surface area contributed by atoms with Gasteiger partial charge in [0.2, 0.25) is 0 Å². The van der Waals surface area contributed by atoms with E-state index in [-0.39, 0.29) is 0 Å². The molecule has 29 heavy (non-hydrogen) atoms. The predicted octanol–water partition coefficient (Wildman–Crippen LogP) is 5.23. The first-order valence-electron chi connectivity index (χ1n) is 10.2. The molecule has 5 heteroatoms. The van der Waals surface area contributed by atoms with Crippen molar-refractivity contribution in [2.45, 2.75) is 45.8 Å². The minimum absolute atomic E-state index is 0.637. The van der Waals surface area contributed by atoms with E-state index in [1.807, 2.05) is 44.4 Å². The summed E-state index contributed by atoms with van der Waals surface area (Å²) in [5, 5.41) is 12.1. The number of halogens is 1. The van der Waals surface area contributed by atoms with E-state index >= 15 is 0 Å². The Balaban J connectivity index is 1.74. The molecule has 0 unspecified atom stereocenters. The van der Waals surface area contributed by atoms with Crippen LogP contribution in [-0.2, 0) is 13.0 Å². The van der Waals surface area contributed by atoms with Crippen LogP contribution in [0.5, 0.6) is 0 Å². The summed E-state index contributed by atoms with van der Waals surface area (Å²) >= 11 is 6.35. The summed E-state index contributed by atoms with van der Waals surface area (Å²) in [7, 11) is 0. The van der Waals surface area contributed by atoms with E-state index in [2.05, 4.69) is 39.7 Å². The Morgan fingerprint density at radius 2 is 2.00 bits per heavy atom. The highest BCUT2D eigenvalue weighted by atomic mass is 35.5. The van der Waals surface area contributed by atoms with E-state index in [1.165, 1.54) is 33.3 Å². The number of allylic oxidation sites excluding steroid dienone is 1. The van der Waals surface area contributed by atoms with E-state index in [0.29, 0.717) is 0 Å². The van der Waals surface area contributed by atoms with Crippen molar-refractivity contribution >= 4 is 34.3 Å². The van der Waals surface area contributed by atoms with E-state index in [0.717, 1.165) is 37.5 Å². The zero-order valence-electron chi connectivity index (χ0n) is 17.3. The van der Waals surface area contributed by atoms with Gasteiger partial charge in [0.05, 0.1) is 11.1 Å². The molecule has 0 aliphatic carbocycles. The Morgan fingerprint density at radius 3 is 2.72 bits per heavy atom. The van der Waals surface area contributed by atoms with Crippen LogP contribution in [0.3, 0.4) is 0 Å². The first kappa shape index (κ1) is 20.1. The molecule has 1 aliphatic heterocycles. The Kier molecular flexibility index (Phi) is 5.52. The third-order valence-corrected chi connectivity index (χ3v) is 5.96. The van der Waals surface area contributed by atoms with Gasteiger partial charge in [0.1, 0.15) is 0 Å². The fourth-order valence-corrected chi connectivity index (χ4v) is 4.25. The topological polar surface area (TPSA) is 41.3 Å². The molecule has 0 radical (unpaired) electrons. The fourth-order valence-electron chi connectivity index (χ4n) is 4.07. The first-order valence-corrected chi connectivity index (χ1v) is 10.5. The SMILES string of the molecule is CC(=Cn1c2c(c3cc(Cl)ccc31)CN(CCC(C)(C)O)CC2)c1ccncc1. The van der Waals surface area contributed by atoms with E-state index in [1.54, 1.807) is 0 Å². The molecule has 1 aliphatic rings. The lowest BCUT2D eigenvalue weighted by Gasteiger charge is -2.30. The zero-order chi connectivity index (χ0) is 20.6. The van der Waals surface area contributed by atoms with Gasteiger partial charge < -0.3 is 9.67 Å². The smallest absolute Gasteiger partial charge is 0.0603 e. The van der Waals surface area contributed by atoms with Gasteiger partial charge in [0, 0.05) is 60.8 Å². The van der Waals surface area contributed by atoms with Crippen LogP contribution in [0.1, 0.15) is 44.0 Å². The molecule has 0 saturated heterocycles. The molecule has 152 valence electrons. The number of hydrogen-bond acceptors (Lipinski definition) is 3. The molecule has 4 rings (SSSR count). The minimum atomic E-state index is -0.637. The van der Waals surface area contributed by atoms with Crippen molar-refractivity contribution in [1.29, 1.82) is 0 Å². The summed E-state index contributed by atoms with van der Waals surface area (Å²) in [5.41, 5.74) is 5.64. The van der Waals surface area contributed by atoms with Crippen LogP contribution in [0.15, 0.2) is 42.7 Å². The molecule has 0 saturated carbocycles. The highest BCUT2D eigenvalue weighted by molar-refractivity contribution is 6.31. The predicted molar refractivity (Wildman–Crippen MR) is 121 cm³/mol. The number of benzene rings is 1. The standard InChI is InChI=1S/C24H28ClN3O/c1-17(18-6-10-26-11-7-18)15-28-22-5-4-19(25)14-20(22)21-16-27(12-8-23(21)28)13-9-24(2,3)29/h4-7,10-11,14-15,29H,8-9,12-13,16H2,1-3H3. The summed E-state index contributed by atoms with van der Waals surface area (Å²) in [5.74, 6) is 0. The summed E-state index contributed by atoms with van der Waals surface area (Å²) in [6.45, 7) is 8.66. The van der Waals surface area contributed by atoms with E-state index in [9.17, 15) is 5.11 Å². The van der Waals surface area contributed by atoms with Crippen molar-refractivity contribution in [3.05, 3.63) is 64.6 Å². The van der Waals surface area contributed by atoms with Crippen LogP contribution in [0.2, 0.25) is 5.02 Å². The highest BCUT2D eigenvalue weighted by Gasteiger charge is 2.25. The lowest BCUT2D eigenvalue weighted by atomic mass is 10.0. The molecule has 2 aromatic heterocycles. The van der Waals surface area contributed by atoms with Crippen LogP contribution in [0, 0.1) is 0 Å². The van der Waals surface area contributed by atoms with Gasteiger partial charge in [-0.3, -0.25) is 9.88 Å². The Hall–Kier alpha value is -2.14. The third-order valence-electron chi connectivity index (χ3n) is 5.73. The molecule has 1 aromatic carbocycles. The number of pyridine rings is 1. The van der Waals surface area contributed by atoms with Crippen molar-refractivity contribution in [3.8, 4) is 0 Å². The molecule has 0 bridgehead atoms. The van der Waals surface area contributed by atoms with Crippen molar-refractivity contribution in [3.63, 3.8) is 0 Å².